The number of aryl methyl sites for hydroxylation is 4. The quantitative estimate of drug-likeness (QED) is 0.0632. The van der Waals surface area contributed by atoms with E-state index in [1.54, 1.807) is 58.5 Å². The molecule has 0 aliphatic carbocycles. The van der Waals surface area contributed by atoms with Crippen LogP contribution in [0.3, 0.4) is 0 Å². The van der Waals surface area contributed by atoms with Crippen LogP contribution in [0.1, 0.15) is 135 Å². The van der Waals surface area contributed by atoms with Gasteiger partial charge in [-0.3, -0.25) is 9.36 Å². The van der Waals surface area contributed by atoms with E-state index in [1.807, 2.05) is 85.9 Å². The normalized spacial score (nSPS) is 11.0. The van der Waals surface area contributed by atoms with Gasteiger partial charge in [0.05, 0.1) is 49.2 Å². The Kier molecular flexibility index (Phi) is 33.7. The third-order valence-electron chi connectivity index (χ3n) is 12.0. The van der Waals surface area contributed by atoms with Gasteiger partial charge in [0.15, 0.2) is 0 Å². The second-order valence-electron chi connectivity index (χ2n) is 16.9. The smallest absolute Gasteiger partial charge is 0.870 e. The van der Waals surface area contributed by atoms with Gasteiger partial charge in [-0.05, 0) is 129 Å². The Morgan fingerprint density at radius 3 is 1.30 bits per heavy atom. The van der Waals surface area contributed by atoms with Crippen molar-refractivity contribution in [3.05, 3.63) is 92.1 Å². The third-order valence-corrected chi connectivity index (χ3v) is 12.7. The van der Waals surface area contributed by atoms with Crippen molar-refractivity contribution in [3.8, 4) is 22.5 Å². The van der Waals surface area contributed by atoms with Gasteiger partial charge < -0.3 is 59.8 Å². The van der Waals surface area contributed by atoms with Crippen molar-refractivity contribution in [3.63, 3.8) is 0 Å². The molecule has 0 aliphatic rings. The molecule has 73 heavy (non-hydrogen) atoms. The minimum atomic E-state index is -1.01. The molecule has 0 saturated heterocycles. The van der Waals surface area contributed by atoms with Crippen molar-refractivity contribution >= 4 is 47.3 Å². The number of hydrogen-bond donors (Lipinski definition) is 5. The number of methoxy groups -OCH3 is 2. The molecule has 0 amide bonds. The van der Waals surface area contributed by atoms with Gasteiger partial charge in [-0.15, -0.1) is 0 Å². The standard InChI is InChI=1S/C15H21N3O2.C14H19N3O2.C9H12BrNO2.C6H11BN2.C6H14O2.CH4O.Na.H2O/c1-6-10-9-16-18(4)14(10)11-8-13(15(19)20-5)17(3)12(11)7-2;1-5-9-8-15-17(4)13(9)10-7-12(14(18)19)16(3)11(10)6-2;1-4-7-6(10)5-8(11(7)2)9(12)13-3;1-3-5(4-8)6(7)9-2;1-5(2,7)6(3,4)8;1-2;;/h8-9H,6-7H2,1-5H3;7-8H,5-6H2,1-4H3,(H,18,19);5H,4H2,1-3H3;4H,3,8H2,1-2H3;7-8H,1-4H3;2H,1H3;;1H2/q;;;;;;+1;/p-1. The number of carboxylic acids is 1. The molecule has 0 unspecified atom stereocenters. The van der Waals surface area contributed by atoms with E-state index in [9.17, 15) is 19.5 Å². The van der Waals surface area contributed by atoms with Gasteiger partial charge in [-0.1, -0.05) is 41.5 Å². The van der Waals surface area contributed by atoms with Crippen molar-refractivity contribution in [2.24, 2.45) is 46.0 Å². The number of rotatable bonds is 13. The summed E-state index contributed by atoms with van der Waals surface area (Å²) in [6.45, 7) is 18.6. The van der Waals surface area contributed by atoms with Gasteiger partial charge in [0.25, 0.3) is 0 Å². The van der Waals surface area contributed by atoms with Crippen LogP contribution in [0.5, 0.6) is 0 Å². The molecule has 5 aromatic heterocycles. The Hall–Kier alpha value is -4.74. The molecule has 0 bridgehead atoms. The molecular weight excluding hydrogens is 1010 g/mol. The number of carbonyl (C=O) groups excluding carboxylic acids is 2. The molecule has 402 valence electrons. The maximum absolute atomic E-state index is 11.9. The predicted molar refractivity (Wildman–Crippen MR) is 289 cm³/mol. The van der Waals surface area contributed by atoms with Crippen molar-refractivity contribution in [2.75, 3.05) is 28.4 Å². The van der Waals surface area contributed by atoms with Crippen LogP contribution in [0.4, 0.5) is 0 Å². The van der Waals surface area contributed by atoms with E-state index >= 15 is 0 Å². The number of hydrogen-bond acceptors (Lipinski definition) is 13. The summed E-state index contributed by atoms with van der Waals surface area (Å²) in [5.41, 5.74) is 15.8. The Balaban J connectivity index is -0.000000861. The summed E-state index contributed by atoms with van der Waals surface area (Å²) in [5, 5.41) is 43.1. The first-order valence-corrected chi connectivity index (χ1v) is 24.1. The Labute approximate surface area is 465 Å². The number of aliphatic hydroxyl groups is 3. The van der Waals surface area contributed by atoms with Crippen molar-refractivity contribution in [2.45, 2.75) is 119 Å². The van der Waals surface area contributed by atoms with Crippen molar-refractivity contribution in [1.82, 2.24) is 33.3 Å². The summed E-state index contributed by atoms with van der Waals surface area (Å²) in [7, 11) is 20.3. The van der Waals surface area contributed by atoms with E-state index in [4.69, 9.17) is 33.6 Å². The van der Waals surface area contributed by atoms with Gasteiger partial charge in [-0.2, -0.15) is 10.2 Å². The number of nitrogens with zero attached hydrogens (tertiary/aromatic N) is 8. The van der Waals surface area contributed by atoms with Crippen LogP contribution < -0.4 is 35.3 Å². The van der Waals surface area contributed by atoms with Crippen LogP contribution in [-0.2, 0) is 76.8 Å². The Morgan fingerprint density at radius 1 is 0.699 bits per heavy atom. The molecule has 0 fully saturated rings. The van der Waals surface area contributed by atoms with Gasteiger partial charge in [0.1, 0.15) is 24.9 Å². The number of aromatic nitrogens is 7. The summed E-state index contributed by atoms with van der Waals surface area (Å²) in [5.74, 6) is -1.51. The number of esters is 2. The molecule has 5 rings (SSSR count). The average molecular weight is 1090 g/mol. The molecule has 22 heteroatoms. The summed E-state index contributed by atoms with van der Waals surface area (Å²) in [4.78, 5) is 38.2. The van der Waals surface area contributed by atoms with Gasteiger partial charge >= 0.3 is 47.5 Å². The number of carbonyl (C=O) groups is 3. The molecule has 0 aliphatic heterocycles. The molecule has 2 radical (unpaired) electrons. The van der Waals surface area contributed by atoms with Crippen molar-refractivity contribution in [1.29, 1.82) is 0 Å². The zero-order valence-corrected chi connectivity index (χ0v) is 50.7. The van der Waals surface area contributed by atoms with Crippen LogP contribution in [0.2, 0.25) is 0 Å². The topological polar surface area (TPSA) is 269 Å². The maximum atomic E-state index is 11.9. The van der Waals surface area contributed by atoms with Crippen LogP contribution in [0.15, 0.2) is 51.8 Å². The Bertz CT molecular complexity index is 2550. The summed E-state index contributed by atoms with van der Waals surface area (Å²) in [6.07, 6.45) is 10.4. The second-order valence-corrected chi connectivity index (χ2v) is 17.7. The fourth-order valence-electron chi connectivity index (χ4n) is 7.08. The molecule has 0 spiro atoms. The first-order chi connectivity index (χ1) is 33.2. The minimum Gasteiger partial charge on any atom is -0.870 e. The first-order valence-electron chi connectivity index (χ1n) is 23.3. The van der Waals surface area contributed by atoms with E-state index < -0.39 is 17.2 Å². The van der Waals surface area contributed by atoms with Crippen LogP contribution >= 0.6 is 15.9 Å². The molecule has 0 atom stereocenters. The second kappa shape index (κ2) is 34.0. The average Bonchev–Trinajstić information content (AvgIpc) is 4.14. The molecule has 5 aromatic rings. The zero-order valence-electron chi connectivity index (χ0n) is 47.1. The zero-order chi connectivity index (χ0) is 55.3. The summed E-state index contributed by atoms with van der Waals surface area (Å²) >= 11 is 3.40. The molecule has 7 N–H and O–H groups in total. The number of ether oxygens (including phenoxy) is 2. The van der Waals surface area contributed by atoms with Crippen LogP contribution in [0, 0.1) is 0 Å². The van der Waals surface area contributed by atoms with E-state index in [0.29, 0.717) is 22.7 Å². The van der Waals surface area contributed by atoms with E-state index in [1.165, 1.54) is 26.0 Å². The molecule has 19 nitrogen and oxygen atoms in total. The van der Waals surface area contributed by atoms with Crippen molar-refractivity contribution < 1.29 is 79.3 Å². The number of halogens is 1. The first kappa shape index (κ1) is 72.5. The van der Waals surface area contributed by atoms with E-state index in [-0.39, 0.29) is 47.0 Å². The SMILES string of the molecule is CC(C)(O)C(C)(C)O.CCc1c(Br)cc(C(=O)OC)n1C.CCc1cnn(C)c1-c1cc(C(=O)O)n(C)c1CC.CCc1cnn(C)c1-c1cc(C(=O)OC)n(C)c1CC.CO.[B]C(=NC)C(=CN)CC.[Na+].[OH-]. The maximum Gasteiger partial charge on any atom is 1.00 e. The third kappa shape index (κ3) is 19.2. The molecule has 0 saturated carbocycles. The fraction of sp³-hybridized carbons (Fsp3) is 0.529. The van der Waals surface area contributed by atoms with Gasteiger partial charge in [0, 0.05) is 82.1 Å². The summed E-state index contributed by atoms with van der Waals surface area (Å²) in [6, 6.07) is 5.43. The van der Waals surface area contributed by atoms with Crippen LogP contribution in [-0.4, -0.2) is 130 Å². The molecular formula is C51H82BBrN9NaO10. The predicted octanol–water partition coefficient (Wildman–Crippen LogP) is 4.12. The molecule has 5 heterocycles. The minimum absolute atomic E-state index is 0. The largest absolute Gasteiger partial charge is 1.00 e. The number of allylic oxidation sites excluding steroid dienone is 1. The number of aliphatic imine (C=N–C) groups is 1. The molecule has 0 aromatic carbocycles. The number of nitrogens with two attached hydrogens (primary N) is 1. The van der Waals surface area contributed by atoms with Gasteiger partial charge in [-0.25, -0.2) is 14.4 Å². The van der Waals surface area contributed by atoms with Crippen LogP contribution in [0.25, 0.3) is 22.5 Å². The Morgan fingerprint density at radius 2 is 1.04 bits per heavy atom. The number of aliphatic hydroxyl groups excluding tert-OH is 1. The van der Waals surface area contributed by atoms with Gasteiger partial charge in [0.2, 0.25) is 0 Å². The number of carboxylic acid groups (broad SMARTS) is 1. The fourth-order valence-corrected chi connectivity index (χ4v) is 7.84. The summed E-state index contributed by atoms with van der Waals surface area (Å²) < 4.78 is 19.7. The van der Waals surface area contributed by atoms with E-state index in [0.717, 1.165) is 101 Å². The monoisotopic (exact) mass is 1090 g/mol. The number of aromatic carboxylic acids is 1. The van der Waals surface area contributed by atoms with E-state index in [2.05, 4.69) is 56.6 Å².